The Morgan fingerprint density at radius 1 is 1.21 bits per heavy atom. The second-order valence-corrected chi connectivity index (χ2v) is 8.07. The molecule has 0 bridgehead atoms. The number of anilines is 2. The predicted octanol–water partition coefficient (Wildman–Crippen LogP) is 4.07. The van der Waals surface area contributed by atoms with E-state index in [-0.39, 0.29) is 5.91 Å². The highest BCUT2D eigenvalue weighted by atomic mass is 35.5. The van der Waals surface area contributed by atoms with E-state index in [9.17, 15) is 14.4 Å². The molecule has 9 heteroatoms. The number of esters is 1. The van der Waals surface area contributed by atoms with Gasteiger partial charge in [0.1, 0.15) is 5.54 Å². The standard InChI is InChI=1S/C24H25ClN2O6/c1-5-32-19-13-15(12-16(25)22(19)31-4)10-11-21(29)33-14-20(28)27-18-9-7-6-8-17(18)26-23(30)24(27,2)3/h6-13H,5,14H2,1-4H3,(H,26,30)/b11-10+. The molecule has 0 saturated heterocycles. The number of hydrogen-bond acceptors (Lipinski definition) is 6. The van der Waals surface area contributed by atoms with Crippen LogP contribution in [0.3, 0.4) is 0 Å². The van der Waals surface area contributed by atoms with Crippen molar-refractivity contribution >= 4 is 46.8 Å². The summed E-state index contributed by atoms with van der Waals surface area (Å²) in [7, 11) is 1.49. The fraction of sp³-hybridized carbons (Fsp3) is 0.292. The van der Waals surface area contributed by atoms with Gasteiger partial charge in [0.2, 0.25) is 5.91 Å². The number of ether oxygens (including phenoxy) is 3. The lowest BCUT2D eigenvalue weighted by Gasteiger charge is -2.41. The van der Waals surface area contributed by atoms with Gasteiger partial charge < -0.3 is 19.5 Å². The van der Waals surface area contributed by atoms with E-state index in [4.69, 9.17) is 25.8 Å². The summed E-state index contributed by atoms with van der Waals surface area (Å²) in [5.74, 6) is -0.726. The van der Waals surface area contributed by atoms with Crippen molar-refractivity contribution < 1.29 is 28.6 Å². The summed E-state index contributed by atoms with van der Waals surface area (Å²) in [6.45, 7) is 4.97. The molecule has 1 aliphatic heterocycles. The molecular weight excluding hydrogens is 448 g/mol. The number of amides is 2. The maximum absolute atomic E-state index is 12.9. The van der Waals surface area contributed by atoms with Crippen LogP contribution < -0.4 is 19.7 Å². The maximum Gasteiger partial charge on any atom is 0.331 e. The number of halogens is 1. The molecule has 0 fully saturated rings. The van der Waals surface area contributed by atoms with Gasteiger partial charge in [-0.1, -0.05) is 23.7 Å². The third-order valence-corrected chi connectivity index (χ3v) is 5.32. The molecule has 0 aromatic heterocycles. The number of benzene rings is 2. The Labute approximate surface area is 197 Å². The van der Waals surface area contributed by atoms with E-state index in [1.165, 1.54) is 24.2 Å². The van der Waals surface area contributed by atoms with Crippen LogP contribution in [0.1, 0.15) is 26.3 Å². The Morgan fingerprint density at radius 3 is 2.64 bits per heavy atom. The summed E-state index contributed by atoms with van der Waals surface area (Å²) >= 11 is 6.22. The number of carbonyl (C=O) groups excluding carboxylic acids is 3. The molecule has 2 aromatic rings. The van der Waals surface area contributed by atoms with E-state index in [0.717, 1.165) is 0 Å². The molecule has 0 aliphatic carbocycles. The Kier molecular flexibility index (Phi) is 7.28. The highest BCUT2D eigenvalue weighted by Crippen LogP contribution is 2.37. The number of nitrogens with one attached hydrogen (secondary N) is 1. The van der Waals surface area contributed by atoms with Crippen LogP contribution in [0, 0.1) is 0 Å². The van der Waals surface area contributed by atoms with E-state index in [1.54, 1.807) is 50.2 Å². The SMILES string of the molecule is CCOc1cc(/C=C/C(=O)OCC(=O)N2c3ccccc3NC(=O)C2(C)C)cc(Cl)c1OC. The summed E-state index contributed by atoms with van der Waals surface area (Å²) in [5, 5.41) is 3.11. The van der Waals surface area contributed by atoms with Gasteiger partial charge in [0.15, 0.2) is 18.1 Å². The first-order valence-electron chi connectivity index (χ1n) is 10.3. The third kappa shape index (κ3) is 5.12. The van der Waals surface area contributed by atoms with E-state index in [1.807, 2.05) is 6.92 Å². The molecule has 174 valence electrons. The van der Waals surface area contributed by atoms with Crippen molar-refractivity contribution in [2.24, 2.45) is 0 Å². The molecule has 2 aromatic carbocycles. The summed E-state index contributed by atoms with van der Waals surface area (Å²) in [5.41, 5.74) is 0.497. The molecular formula is C24H25ClN2O6. The fourth-order valence-electron chi connectivity index (χ4n) is 3.45. The minimum atomic E-state index is -1.15. The highest BCUT2D eigenvalue weighted by molar-refractivity contribution is 6.32. The van der Waals surface area contributed by atoms with Crippen LogP contribution in [0.5, 0.6) is 11.5 Å². The summed E-state index contributed by atoms with van der Waals surface area (Å²) < 4.78 is 15.9. The molecule has 1 aliphatic rings. The third-order valence-electron chi connectivity index (χ3n) is 5.04. The quantitative estimate of drug-likeness (QED) is 0.482. The van der Waals surface area contributed by atoms with Crippen molar-refractivity contribution in [3.63, 3.8) is 0 Å². The molecule has 2 amide bonds. The van der Waals surface area contributed by atoms with Crippen molar-refractivity contribution in [1.29, 1.82) is 0 Å². The molecule has 8 nitrogen and oxygen atoms in total. The van der Waals surface area contributed by atoms with Gasteiger partial charge in [-0.15, -0.1) is 0 Å². The van der Waals surface area contributed by atoms with Crippen molar-refractivity contribution in [3.05, 3.63) is 53.1 Å². The minimum Gasteiger partial charge on any atom is -0.491 e. The Morgan fingerprint density at radius 2 is 1.94 bits per heavy atom. The fourth-order valence-corrected chi connectivity index (χ4v) is 3.75. The molecule has 0 spiro atoms. The summed E-state index contributed by atoms with van der Waals surface area (Å²) in [6.07, 6.45) is 2.68. The number of methoxy groups -OCH3 is 1. The van der Waals surface area contributed by atoms with Crippen LogP contribution in [-0.4, -0.2) is 43.6 Å². The second-order valence-electron chi connectivity index (χ2n) is 7.67. The molecule has 0 saturated carbocycles. The lowest BCUT2D eigenvalue weighted by molar-refractivity contribution is -0.143. The van der Waals surface area contributed by atoms with Crippen LogP contribution in [0.15, 0.2) is 42.5 Å². The van der Waals surface area contributed by atoms with Crippen molar-refractivity contribution in [1.82, 2.24) is 0 Å². The Hall–Kier alpha value is -3.52. The normalized spacial score (nSPS) is 14.5. The molecule has 0 atom stereocenters. The van der Waals surface area contributed by atoms with Crippen LogP contribution in [0.4, 0.5) is 11.4 Å². The molecule has 0 unspecified atom stereocenters. The van der Waals surface area contributed by atoms with Gasteiger partial charge in [-0.2, -0.15) is 0 Å². The van der Waals surface area contributed by atoms with Gasteiger partial charge in [0, 0.05) is 6.08 Å². The van der Waals surface area contributed by atoms with E-state index in [2.05, 4.69) is 5.32 Å². The average molecular weight is 473 g/mol. The van der Waals surface area contributed by atoms with Crippen molar-refractivity contribution in [2.75, 3.05) is 30.5 Å². The minimum absolute atomic E-state index is 0.330. The molecule has 0 radical (unpaired) electrons. The van der Waals surface area contributed by atoms with Gasteiger partial charge in [-0.3, -0.25) is 14.5 Å². The van der Waals surface area contributed by atoms with Gasteiger partial charge in [0.25, 0.3) is 5.91 Å². The number of nitrogens with zero attached hydrogens (tertiary/aromatic N) is 1. The Balaban J connectivity index is 1.71. The first kappa shape index (κ1) is 24.1. The van der Waals surface area contributed by atoms with Crippen molar-refractivity contribution in [2.45, 2.75) is 26.3 Å². The first-order chi connectivity index (χ1) is 15.7. The monoisotopic (exact) mass is 472 g/mol. The number of rotatable bonds is 7. The highest BCUT2D eigenvalue weighted by Gasteiger charge is 2.43. The van der Waals surface area contributed by atoms with E-state index < -0.39 is 24.0 Å². The van der Waals surface area contributed by atoms with Gasteiger partial charge in [-0.05, 0) is 56.7 Å². The average Bonchev–Trinajstić information content (AvgIpc) is 2.77. The largest absolute Gasteiger partial charge is 0.491 e. The molecule has 33 heavy (non-hydrogen) atoms. The number of para-hydroxylation sites is 2. The first-order valence-corrected chi connectivity index (χ1v) is 10.7. The van der Waals surface area contributed by atoms with Crippen molar-refractivity contribution in [3.8, 4) is 11.5 Å². The zero-order valence-corrected chi connectivity index (χ0v) is 19.6. The van der Waals surface area contributed by atoms with Crippen LogP contribution in [0.2, 0.25) is 5.02 Å². The van der Waals surface area contributed by atoms with Gasteiger partial charge >= 0.3 is 5.97 Å². The van der Waals surface area contributed by atoms with Gasteiger partial charge in [-0.25, -0.2) is 4.79 Å². The molecule has 1 N–H and O–H groups in total. The summed E-state index contributed by atoms with van der Waals surface area (Å²) in [6, 6.07) is 10.2. The molecule has 1 heterocycles. The smallest absolute Gasteiger partial charge is 0.331 e. The Bertz CT molecular complexity index is 1110. The lowest BCUT2D eigenvalue weighted by Crippen LogP contribution is -2.59. The van der Waals surface area contributed by atoms with Crippen LogP contribution in [-0.2, 0) is 19.1 Å². The summed E-state index contributed by atoms with van der Waals surface area (Å²) in [4.78, 5) is 39.0. The predicted molar refractivity (Wildman–Crippen MR) is 126 cm³/mol. The zero-order chi connectivity index (χ0) is 24.2. The lowest BCUT2D eigenvalue weighted by atomic mass is 9.96. The number of carbonyl (C=O) groups is 3. The zero-order valence-electron chi connectivity index (χ0n) is 18.8. The number of hydrogen-bond donors (Lipinski definition) is 1. The second kappa shape index (κ2) is 9.95. The van der Waals surface area contributed by atoms with E-state index in [0.29, 0.717) is 40.1 Å². The molecule has 3 rings (SSSR count). The van der Waals surface area contributed by atoms with Crippen LogP contribution in [0.25, 0.3) is 6.08 Å². The topological polar surface area (TPSA) is 94.2 Å². The van der Waals surface area contributed by atoms with Gasteiger partial charge in [0.05, 0.1) is 30.1 Å². The maximum atomic E-state index is 12.9. The van der Waals surface area contributed by atoms with Crippen LogP contribution >= 0.6 is 11.6 Å². The number of fused-ring (bicyclic) bond motifs is 1. The van der Waals surface area contributed by atoms with E-state index >= 15 is 0 Å².